The van der Waals surface area contributed by atoms with Gasteiger partial charge in [0.2, 0.25) is 0 Å². The number of halogens is 2. The van der Waals surface area contributed by atoms with Gasteiger partial charge in [-0.25, -0.2) is 8.78 Å². The molecular formula is C19H18F2N4O4. The number of morpholine rings is 1. The normalized spacial score (nSPS) is 17.7. The van der Waals surface area contributed by atoms with Crippen molar-refractivity contribution in [2.45, 2.75) is 12.2 Å². The number of hydrogen-bond donors (Lipinski definition) is 4. The van der Waals surface area contributed by atoms with Crippen molar-refractivity contribution in [2.24, 2.45) is 5.73 Å². The highest BCUT2D eigenvalue weighted by atomic mass is 19.1. The van der Waals surface area contributed by atoms with Gasteiger partial charge in [-0.05, 0) is 36.4 Å². The highest BCUT2D eigenvalue weighted by Crippen LogP contribution is 2.23. The van der Waals surface area contributed by atoms with E-state index in [2.05, 4.69) is 5.32 Å². The second-order valence-corrected chi connectivity index (χ2v) is 6.33. The van der Waals surface area contributed by atoms with E-state index in [9.17, 15) is 23.5 Å². The molecule has 2 aromatic rings. The first-order chi connectivity index (χ1) is 13.8. The van der Waals surface area contributed by atoms with Crippen LogP contribution in [0.2, 0.25) is 0 Å². The summed E-state index contributed by atoms with van der Waals surface area (Å²) in [6.45, 7) is -0.0226. The summed E-state index contributed by atoms with van der Waals surface area (Å²) in [4.78, 5) is 26.0. The number of rotatable bonds is 5. The Morgan fingerprint density at radius 3 is 2.45 bits per heavy atom. The van der Waals surface area contributed by atoms with Crippen LogP contribution in [0.15, 0.2) is 42.5 Å². The van der Waals surface area contributed by atoms with Crippen LogP contribution >= 0.6 is 0 Å². The molecule has 0 aliphatic carbocycles. The average Bonchev–Trinajstić information content (AvgIpc) is 2.67. The Bertz CT molecular complexity index is 931. The van der Waals surface area contributed by atoms with Crippen LogP contribution in [-0.4, -0.2) is 48.1 Å². The maximum absolute atomic E-state index is 13.5. The molecule has 8 nitrogen and oxygen atoms in total. The Balaban J connectivity index is 1.72. The molecule has 29 heavy (non-hydrogen) atoms. The van der Waals surface area contributed by atoms with Crippen LogP contribution in [0, 0.1) is 17.0 Å². The average molecular weight is 404 g/mol. The largest absolute Gasteiger partial charge is 0.384 e. The van der Waals surface area contributed by atoms with Crippen molar-refractivity contribution in [3.8, 4) is 0 Å². The van der Waals surface area contributed by atoms with Gasteiger partial charge in [0.25, 0.3) is 11.8 Å². The number of nitrogens with two attached hydrogens (primary N) is 1. The number of nitrogens with one attached hydrogen (secondary N) is 2. The van der Waals surface area contributed by atoms with Crippen LogP contribution in [0.5, 0.6) is 0 Å². The van der Waals surface area contributed by atoms with E-state index in [1.807, 2.05) is 0 Å². The molecule has 1 aliphatic rings. The topological polar surface area (TPSA) is 129 Å². The molecule has 1 saturated heterocycles. The number of nitrogen functional groups attached to an aromatic ring is 1. The molecule has 1 fully saturated rings. The molecule has 10 heteroatoms. The first kappa shape index (κ1) is 20.4. The molecule has 2 atom stereocenters. The fourth-order valence-electron chi connectivity index (χ4n) is 2.87. The second-order valence-electron chi connectivity index (χ2n) is 6.33. The number of anilines is 2. The zero-order chi connectivity index (χ0) is 21.1. The molecule has 0 aromatic heterocycles. The highest BCUT2D eigenvalue weighted by molar-refractivity contribution is 6.04. The molecule has 2 aromatic carbocycles. The SMILES string of the molecule is N=C(N)c1ccc(NC(=O)C(O)C2OCCN(c3cc(F)cc(F)c3)C2=O)cc1. The van der Waals surface area contributed by atoms with Crippen LogP contribution in [0.3, 0.4) is 0 Å². The smallest absolute Gasteiger partial charge is 0.259 e. The van der Waals surface area contributed by atoms with Crippen molar-refractivity contribution in [3.63, 3.8) is 0 Å². The number of aliphatic hydroxyl groups is 1. The van der Waals surface area contributed by atoms with E-state index in [1.165, 1.54) is 24.3 Å². The molecule has 0 spiro atoms. The number of nitrogens with zero attached hydrogens (tertiary/aromatic N) is 1. The quantitative estimate of drug-likeness (QED) is 0.436. The number of amidine groups is 1. The zero-order valence-corrected chi connectivity index (χ0v) is 15.1. The van der Waals surface area contributed by atoms with Gasteiger partial charge in [-0.3, -0.25) is 15.0 Å². The van der Waals surface area contributed by atoms with Crippen molar-refractivity contribution in [1.29, 1.82) is 5.41 Å². The molecule has 1 heterocycles. The van der Waals surface area contributed by atoms with Crippen LogP contribution in [-0.2, 0) is 14.3 Å². The van der Waals surface area contributed by atoms with Gasteiger partial charge in [-0.15, -0.1) is 0 Å². The van der Waals surface area contributed by atoms with E-state index in [4.69, 9.17) is 15.9 Å². The van der Waals surface area contributed by atoms with E-state index in [0.29, 0.717) is 17.3 Å². The lowest BCUT2D eigenvalue weighted by Gasteiger charge is -2.34. The summed E-state index contributed by atoms with van der Waals surface area (Å²) in [5.41, 5.74) is 6.08. The number of aliphatic hydroxyl groups excluding tert-OH is 1. The van der Waals surface area contributed by atoms with Crippen LogP contribution in [0.4, 0.5) is 20.2 Å². The number of hydrogen-bond acceptors (Lipinski definition) is 5. The summed E-state index contributed by atoms with van der Waals surface area (Å²) in [5, 5.41) is 20.1. The molecule has 0 saturated carbocycles. The number of carbonyl (C=O) groups excluding carboxylic acids is 2. The molecular weight excluding hydrogens is 386 g/mol. The van der Waals surface area contributed by atoms with Gasteiger partial charge in [0.05, 0.1) is 6.61 Å². The molecule has 2 amide bonds. The zero-order valence-electron chi connectivity index (χ0n) is 15.1. The molecule has 3 rings (SSSR count). The summed E-state index contributed by atoms with van der Waals surface area (Å²) in [7, 11) is 0. The molecule has 5 N–H and O–H groups in total. The van der Waals surface area contributed by atoms with Crippen LogP contribution < -0.4 is 16.0 Å². The van der Waals surface area contributed by atoms with Gasteiger partial charge >= 0.3 is 0 Å². The Hall–Kier alpha value is -3.37. The summed E-state index contributed by atoms with van der Waals surface area (Å²) in [6, 6.07) is 8.60. The van der Waals surface area contributed by atoms with E-state index in [-0.39, 0.29) is 24.7 Å². The summed E-state index contributed by atoms with van der Waals surface area (Å²) < 4.78 is 32.2. The molecule has 152 valence electrons. The molecule has 2 unspecified atom stereocenters. The van der Waals surface area contributed by atoms with E-state index in [1.54, 1.807) is 0 Å². The second kappa shape index (κ2) is 8.33. The van der Waals surface area contributed by atoms with Gasteiger partial charge in [0.15, 0.2) is 12.2 Å². The van der Waals surface area contributed by atoms with Crippen molar-refractivity contribution in [1.82, 2.24) is 0 Å². The molecule has 0 radical (unpaired) electrons. The minimum atomic E-state index is -1.85. The maximum atomic E-state index is 13.5. The third-order valence-corrected chi connectivity index (χ3v) is 4.30. The third-order valence-electron chi connectivity index (χ3n) is 4.30. The summed E-state index contributed by atoms with van der Waals surface area (Å²) >= 11 is 0. The Kier molecular flexibility index (Phi) is 5.85. The van der Waals surface area contributed by atoms with Crippen molar-refractivity contribution in [2.75, 3.05) is 23.4 Å². The van der Waals surface area contributed by atoms with Gasteiger partial charge in [0.1, 0.15) is 17.5 Å². The molecule has 1 aliphatic heterocycles. The van der Waals surface area contributed by atoms with Gasteiger partial charge < -0.3 is 25.8 Å². The fourth-order valence-corrected chi connectivity index (χ4v) is 2.87. The Labute approximate surface area is 164 Å². The highest BCUT2D eigenvalue weighted by Gasteiger charge is 2.39. The predicted molar refractivity (Wildman–Crippen MR) is 101 cm³/mol. The number of benzene rings is 2. The monoisotopic (exact) mass is 404 g/mol. The third kappa shape index (κ3) is 4.55. The lowest BCUT2D eigenvalue weighted by Crippen LogP contribution is -2.55. The number of ether oxygens (including phenoxy) is 1. The first-order valence-electron chi connectivity index (χ1n) is 8.59. The van der Waals surface area contributed by atoms with E-state index < -0.39 is 35.7 Å². The lowest BCUT2D eigenvalue weighted by atomic mass is 10.1. The lowest BCUT2D eigenvalue weighted by molar-refractivity contribution is -0.150. The fraction of sp³-hybridized carbons (Fsp3) is 0.211. The van der Waals surface area contributed by atoms with Gasteiger partial charge in [-0.1, -0.05) is 0 Å². The van der Waals surface area contributed by atoms with Crippen molar-refractivity contribution < 1.29 is 28.2 Å². The van der Waals surface area contributed by atoms with Crippen LogP contribution in [0.25, 0.3) is 0 Å². The van der Waals surface area contributed by atoms with Gasteiger partial charge in [0, 0.05) is 29.5 Å². The summed E-state index contributed by atoms with van der Waals surface area (Å²) in [6.07, 6.45) is -3.39. The maximum Gasteiger partial charge on any atom is 0.259 e. The minimum Gasteiger partial charge on any atom is -0.384 e. The van der Waals surface area contributed by atoms with Crippen molar-refractivity contribution in [3.05, 3.63) is 59.7 Å². The Morgan fingerprint density at radius 2 is 1.86 bits per heavy atom. The number of carbonyl (C=O) groups is 2. The minimum absolute atomic E-state index is 0.0130. The van der Waals surface area contributed by atoms with E-state index >= 15 is 0 Å². The standard InChI is InChI=1S/C19H18F2N4O4/c20-11-7-12(21)9-14(8-11)25-5-6-29-16(19(25)28)15(26)18(27)24-13-3-1-10(2-4-13)17(22)23/h1-4,7-9,15-16,26H,5-6H2,(H3,22,23)(H,24,27). The Morgan fingerprint density at radius 1 is 1.24 bits per heavy atom. The molecule has 0 bridgehead atoms. The number of amides is 2. The first-order valence-corrected chi connectivity index (χ1v) is 8.59. The summed E-state index contributed by atoms with van der Waals surface area (Å²) in [5.74, 6) is -3.55. The van der Waals surface area contributed by atoms with Gasteiger partial charge in [-0.2, -0.15) is 0 Å². The van der Waals surface area contributed by atoms with E-state index in [0.717, 1.165) is 17.0 Å². The van der Waals surface area contributed by atoms with Crippen molar-refractivity contribution >= 4 is 29.0 Å². The predicted octanol–water partition coefficient (Wildman–Crippen LogP) is 0.980. The van der Waals surface area contributed by atoms with Crippen LogP contribution in [0.1, 0.15) is 5.56 Å².